The fourth-order valence-electron chi connectivity index (χ4n) is 1.12. The second-order valence-electron chi connectivity index (χ2n) is 2.58. The van der Waals surface area contributed by atoms with Gasteiger partial charge >= 0.3 is 6.09 Å². The van der Waals surface area contributed by atoms with E-state index >= 15 is 0 Å². The Balaban J connectivity index is 2.35. The third kappa shape index (κ3) is 1.73. The number of hydrogen-bond donors (Lipinski definition) is 0. The lowest BCUT2D eigenvalue weighted by Crippen LogP contribution is -2.24. The third-order valence-electron chi connectivity index (χ3n) is 1.69. The number of anilines is 1. The largest absolute Gasteiger partial charge is 0.447 e. The molecule has 1 aliphatic rings. The van der Waals surface area contributed by atoms with Gasteiger partial charge in [0.2, 0.25) is 5.28 Å². The molecule has 1 aliphatic heterocycles. The van der Waals surface area contributed by atoms with Crippen molar-refractivity contribution in [2.75, 3.05) is 18.1 Å². The highest BCUT2D eigenvalue weighted by molar-refractivity contribution is 6.32. The van der Waals surface area contributed by atoms with Gasteiger partial charge < -0.3 is 4.74 Å². The van der Waals surface area contributed by atoms with Gasteiger partial charge in [0.25, 0.3) is 0 Å². The minimum Gasteiger partial charge on any atom is -0.447 e. The smallest absolute Gasteiger partial charge is 0.415 e. The molecule has 0 unspecified atom stereocenters. The first-order chi connectivity index (χ1) is 6.66. The van der Waals surface area contributed by atoms with Gasteiger partial charge in [-0.3, -0.25) is 4.90 Å². The van der Waals surface area contributed by atoms with Crippen LogP contribution in [0.2, 0.25) is 10.4 Å². The van der Waals surface area contributed by atoms with Gasteiger partial charge in [0.15, 0.2) is 0 Å². The van der Waals surface area contributed by atoms with Crippen LogP contribution in [0.4, 0.5) is 10.6 Å². The third-order valence-corrected chi connectivity index (χ3v) is 2.05. The number of aromatic nitrogens is 2. The molecule has 0 aliphatic carbocycles. The number of hydrogen-bond acceptors (Lipinski definition) is 4. The molecule has 1 amide bonds. The van der Waals surface area contributed by atoms with Crippen molar-refractivity contribution in [3.8, 4) is 0 Å². The van der Waals surface area contributed by atoms with E-state index in [0.717, 1.165) is 0 Å². The summed E-state index contributed by atoms with van der Waals surface area (Å²) in [5.41, 5.74) is 0. The summed E-state index contributed by atoms with van der Waals surface area (Å²) in [7, 11) is 0. The first-order valence-corrected chi connectivity index (χ1v) is 4.57. The SMILES string of the molecule is O=C1OCCN1c1cc(Cl)nc(Cl)n1. The Bertz CT molecular complexity index is 365. The highest BCUT2D eigenvalue weighted by Gasteiger charge is 2.25. The molecule has 0 saturated carbocycles. The zero-order valence-electron chi connectivity index (χ0n) is 6.91. The van der Waals surface area contributed by atoms with Crippen molar-refractivity contribution >= 4 is 35.1 Å². The Morgan fingerprint density at radius 3 is 2.79 bits per heavy atom. The number of rotatable bonds is 1. The lowest BCUT2D eigenvalue weighted by atomic mass is 10.5. The van der Waals surface area contributed by atoms with Gasteiger partial charge in [-0.1, -0.05) is 11.6 Å². The first kappa shape index (κ1) is 9.48. The zero-order valence-corrected chi connectivity index (χ0v) is 8.42. The molecule has 5 nitrogen and oxygen atoms in total. The summed E-state index contributed by atoms with van der Waals surface area (Å²) in [6.45, 7) is 0.792. The summed E-state index contributed by atoms with van der Waals surface area (Å²) in [6, 6.07) is 1.46. The Morgan fingerprint density at radius 2 is 2.21 bits per heavy atom. The molecule has 2 rings (SSSR count). The van der Waals surface area contributed by atoms with Gasteiger partial charge in [-0.15, -0.1) is 0 Å². The first-order valence-electron chi connectivity index (χ1n) is 3.81. The van der Waals surface area contributed by atoms with E-state index in [2.05, 4.69) is 9.97 Å². The molecular formula is C7H5Cl2N3O2. The van der Waals surface area contributed by atoms with Crippen molar-refractivity contribution in [2.45, 2.75) is 0 Å². The fraction of sp³-hybridized carbons (Fsp3) is 0.286. The summed E-state index contributed by atoms with van der Waals surface area (Å²) in [6.07, 6.45) is -0.448. The number of carbonyl (C=O) groups is 1. The van der Waals surface area contributed by atoms with Crippen LogP contribution >= 0.6 is 23.2 Å². The molecule has 14 heavy (non-hydrogen) atoms. The van der Waals surface area contributed by atoms with Gasteiger partial charge in [0.1, 0.15) is 17.6 Å². The lowest BCUT2D eigenvalue weighted by Gasteiger charge is -2.10. The van der Waals surface area contributed by atoms with E-state index in [-0.39, 0.29) is 10.4 Å². The maximum Gasteiger partial charge on any atom is 0.415 e. The van der Waals surface area contributed by atoms with Crippen LogP contribution in [0.5, 0.6) is 0 Å². The molecule has 0 N–H and O–H groups in total. The molecule has 1 aromatic rings. The maximum atomic E-state index is 11.2. The van der Waals surface area contributed by atoms with E-state index in [4.69, 9.17) is 27.9 Å². The normalized spacial score (nSPS) is 15.9. The topological polar surface area (TPSA) is 55.3 Å². The average molecular weight is 234 g/mol. The van der Waals surface area contributed by atoms with Crippen LogP contribution < -0.4 is 4.90 Å². The van der Waals surface area contributed by atoms with Crippen LogP contribution in [-0.2, 0) is 4.74 Å². The van der Waals surface area contributed by atoms with Gasteiger partial charge in [-0.2, -0.15) is 4.98 Å². The number of ether oxygens (including phenoxy) is 1. The van der Waals surface area contributed by atoms with E-state index < -0.39 is 6.09 Å². The van der Waals surface area contributed by atoms with Gasteiger partial charge in [0, 0.05) is 6.07 Å². The second kappa shape index (κ2) is 3.59. The van der Waals surface area contributed by atoms with E-state index in [1.807, 2.05) is 0 Å². The monoisotopic (exact) mass is 233 g/mol. The molecule has 1 aromatic heterocycles. The molecule has 74 valence electrons. The highest BCUT2D eigenvalue weighted by atomic mass is 35.5. The van der Waals surface area contributed by atoms with Crippen LogP contribution in [0.3, 0.4) is 0 Å². The minimum absolute atomic E-state index is 0.00667. The predicted octanol–water partition coefficient (Wildman–Crippen LogP) is 1.74. The zero-order chi connectivity index (χ0) is 10.1. The molecule has 1 saturated heterocycles. The molecule has 7 heteroatoms. The van der Waals surface area contributed by atoms with Crippen LogP contribution in [-0.4, -0.2) is 29.2 Å². The van der Waals surface area contributed by atoms with Gasteiger partial charge in [-0.25, -0.2) is 9.78 Å². The summed E-state index contributed by atoms with van der Waals surface area (Å²) in [4.78, 5) is 20.0. The maximum absolute atomic E-state index is 11.2. The Labute approximate surface area is 89.6 Å². The number of amides is 1. The van der Waals surface area contributed by atoms with Crippen molar-refractivity contribution in [2.24, 2.45) is 0 Å². The Morgan fingerprint density at radius 1 is 1.43 bits per heavy atom. The number of halogens is 2. The van der Waals surface area contributed by atoms with Crippen molar-refractivity contribution in [3.05, 3.63) is 16.5 Å². The van der Waals surface area contributed by atoms with Crippen LogP contribution in [0.1, 0.15) is 0 Å². The summed E-state index contributed by atoms with van der Waals surface area (Å²) < 4.78 is 4.74. The summed E-state index contributed by atoms with van der Waals surface area (Å²) in [5.74, 6) is 0.359. The van der Waals surface area contributed by atoms with Crippen LogP contribution in [0, 0.1) is 0 Å². The molecule has 0 atom stereocenters. The highest BCUT2D eigenvalue weighted by Crippen LogP contribution is 2.20. The molecule has 1 fully saturated rings. The number of carbonyl (C=O) groups excluding carboxylic acids is 1. The molecule has 0 bridgehead atoms. The van der Waals surface area contributed by atoms with Crippen molar-refractivity contribution in [3.63, 3.8) is 0 Å². The van der Waals surface area contributed by atoms with Crippen LogP contribution in [0.15, 0.2) is 6.07 Å². The minimum atomic E-state index is -0.448. The molecule has 2 heterocycles. The van der Waals surface area contributed by atoms with Crippen LogP contribution in [0.25, 0.3) is 0 Å². The van der Waals surface area contributed by atoms with Crippen molar-refractivity contribution in [1.29, 1.82) is 0 Å². The average Bonchev–Trinajstić information content (AvgIpc) is 2.49. The van der Waals surface area contributed by atoms with Crippen molar-refractivity contribution < 1.29 is 9.53 Å². The molecular weight excluding hydrogens is 229 g/mol. The number of nitrogens with zero attached hydrogens (tertiary/aromatic N) is 3. The quantitative estimate of drug-likeness (QED) is 0.548. The van der Waals surface area contributed by atoms with E-state index in [0.29, 0.717) is 19.0 Å². The lowest BCUT2D eigenvalue weighted by molar-refractivity contribution is 0.181. The van der Waals surface area contributed by atoms with E-state index in [9.17, 15) is 4.79 Å². The Kier molecular flexibility index (Phi) is 2.43. The summed E-state index contributed by atoms with van der Waals surface area (Å²) >= 11 is 11.3. The standard InChI is InChI=1S/C7H5Cl2N3O2/c8-4-3-5(11-6(9)10-4)12-1-2-14-7(12)13/h3H,1-2H2. The van der Waals surface area contributed by atoms with Crippen molar-refractivity contribution in [1.82, 2.24) is 9.97 Å². The van der Waals surface area contributed by atoms with E-state index in [1.165, 1.54) is 11.0 Å². The van der Waals surface area contributed by atoms with Gasteiger partial charge in [-0.05, 0) is 11.6 Å². The number of cyclic esters (lactones) is 1. The molecule has 0 aromatic carbocycles. The molecule has 0 radical (unpaired) electrons. The van der Waals surface area contributed by atoms with Gasteiger partial charge in [0.05, 0.1) is 6.54 Å². The summed E-state index contributed by atoms with van der Waals surface area (Å²) in [5, 5.41) is 0.201. The predicted molar refractivity (Wildman–Crippen MR) is 50.7 cm³/mol. The second-order valence-corrected chi connectivity index (χ2v) is 3.31. The Hall–Kier alpha value is -1.07. The van der Waals surface area contributed by atoms with E-state index in [1.54, 1.807) is 0 Å². The fourth-order valence-corrected chi connectivity index (χ4v) is 1.52. The molecule has 0 spiro atoms.